The molecule has 6 nitrogen and oxygen atoms in total. The molecule has 0 aromatic rings. The molecule has 0 rings (SSSR count). The quantitative estimate of drug-likeness (QED) is 0.591. The third-order valence-electron chi connectivity index (χ3n) is 1.22. The summed E-state index contributed by atoms with van der Waals surface area (Å²) in [6.45, 7) is 0. The normalized spacial score (nSPS) is 11.1. The molecule has 1 atom stereocenters. The van der Waals surface area contributed by atoms with Gasteiger partial charge < -0.3 is 0 Å². The van der Waals surface area contributed by atoms with Gasteiger partial charge in [0, 0.05) is 0 Å². The van der Waals surface area contributed by atoms with Crippen molar-refractivity contribution in [2.24, 2.45) is 0 Å². The zero-order chi connectivity index (χ0) is 11.2. The lowest BCUT2D eigenvalue weighted by atomic mass is 10.2. The average molecular weight is 203 g/mol. The van der Waals surface area contributed by atoms with E-state index in [4.69, 9.17) is 26.3 Å². The number of nitriles is 5. The molecule has 0 aromatic carbocycles. The van der Waals surface area contributed by atoms with Gasteiger partial charge in [-0.15, -0.1) is 0 Å². The van der Waals surface area contributed by atoms with Gasteiger partial charge in [0.05, 0.1) is 12.1 Å². The Morgan fingerprint density at radius 1 is 0.929 bits per heavy atom. The van der Waals surface area contributed by atoms with E-state index in [0.717, 1.165) is 0 Å². The van der Waals surface area contributed by atoms with Gasteiger partial charge in [-0.1, -0.05) is 0 Å². The maximum Gasteiger partial charge on any atom is 0.303 e. The van der Waals surface area contributed by atoms with Crippen molar-refractivity contribution in [2.45, 2.75) is 10.00 Å². The van der Waals surface area contributed by atoms with Crippen LogP contribution in [0, 0.1) is 56.7 Å². The molecule has 0 saturated heterocycles. The standard InChI is InChI=1S/C7HN5OS/c8-1-6(2-9)14(13)7(3-10,4-11)5-12/h6H. The summed E-state index contributed by atoms with van der Waals surface area (Å²) >= 11 is 0. The Hall–Kier alpha value is -2.40. The van der Waals surface area contributed by atoms with E-state index in [0.29, 0.717) is 0 Å². The van der Waals surface area contributed by atoms with E-state index in [1.54, 1.807) is 0 Å². The first-order valence-electron chi connectivity index (χ1n) is 3.05. The van der Waals surface area contributed by atoms with Crippen LogP contribution in [0.2, 0.25) is 0 Å². The number of rotatable bonds is 2. The van der Waals surface area contributed by atoms with Gasteiger partial charge in [-0.05, 0) is 0 Å². The summed E-state index contributed by atoms with van der Waals surface area (Å²) in [7, 11) is -2.46. The SMILES string of the molecule is N#CC(C#N)S(=O)C(C#N)(C#N)C#N. The molecule has 14 heavy (non-hydrogen) atoms. The summed E-state index contributed by atoms with van der Waals surface area (Å²) < 4.78 is 8.87. The van der Waals surface area contributed by atoms with Gasteiger partial charge in [0.15, 0.2) is 0 Å². The summed E-state index contributed by atoms with van der Waals surface area (Å²) in [4.78, 5) is 0. The smallest absolute Gasteiger partial charge is 0.253 e. The maximum atomic E-state index is 11.3. The van der Waals surface area contributed by atoms with Crippen LogP contribution >= 0.6 is 0 Å². The predicted octanol–water partition coefficient (Wildman–Crippen LogP) is -0.540. The molecular formula is C7HN5OS. The second-order valence-electron chi connectivity index (χ2n) is 1.95. The van der Waals surface area contributed by atoms with Crippen LogP contribution in [0.1, 0.15) is 0 Å². The van der Waals surface area contributed by atoms with Crippen molar-refractivity contribution in [1.82, 2.24) is 0 Å². The molecule has 0 aromatic heterocycles. The van der Waals surface area contributed by atoms with Gasteiger partial charge in [0.1, 0.15) is 29.0 Å². The van der Waals surface area contributed by atoms with Crippen molar-refractivity contribution in [3.8, 4) is 30.3 Å². The average Bonchev–Trinajstić information content (AvgIpc) is 2.23. The first-order valence-corrected chi connectivity index (χ1v) is 4.26. The highest BCUT2D eigenvalue weighted by Crippen LogP contribution is 2.15. The van der Waals surface area contributed by atoms with E-state index in [-0.39, 0.29) is 0 Å². The molecule has 0 saturated carbocycles. The van der Waals surface area contributed by atoms with Gasteiger partial charge in [0.2, 0.25) is 5.25 Å². The topological polar surface area (TPSA) is 136 Å². The fourth-order valence-electron chi connectivity index (χ4n) is 0.511. The molecule has 0 aliphatic rings. The molecule has 0 fully saturated rings. The van der Waals surface area contributed by atoms with Crippen LogP contribution in [-0.4, -0.2) is 14.2 Å². The fourth-order valence-corrected chi connectivity index (χ4v) is 1.33. The van der Waals surface area contributed by atoms with E-state index in [1.165, 1.54) is 30.3 Å². The van der Waals surface area contributed by atoms with Crippen LogP contribution < -0.4 is 0 Å². The Kier molecular flexibility index (Phi) is 3.80. The first-order chi connectivity index (χ1) is 6.61. The molecule has 0 N–H and O–H groups in total. The van der Waals surface area contributed by atoms with Crippen molar-refractivity contribution < 1.29 is 4.21 Å². The van der Waals surface area contributed by atoms with Crippen LogP contribution in [0.15, 0.2) is 0 Å². The lowest BCUT2D eigenvalue weighted by Crippen LogP contribution is -2.34. The van der Waals surface area contributed by atoms with E-state index < -0.39 is 20.8 Å². The monoisotopic (exact) mass is 203 g/mol. The van der Waals surface area contributed by atoms with Crippen LogP contribution in [0.25, 0.3) is 0 Å². The number of hydrogen-bond acceptors (Lipinski definition) is 6. The minimum absolute atomic E-state index is 1.24. The van der Waals surface area contributed by atoms with Crippen LogP contribution in [0.3, 0.4) is 0 Å². The zero-order valence-corrected chi connectivity index (χ0v) is 7.45. The Balaban J connectivity index is 5.40. The second-order valence-corrected chi connectivity index (χ2v) is 3.63. The van der Waals surface area contributed by atoms with Gasteiger partial charge >= 0.3 is 4.75 Å². The lowest BCUT2D eigenvalue weighted by molar-refractivity contribution is 0.677. The molecule has 0 radical (unpaired) electrons. The molecule has 1 unspecified atom stereocenters. The molecular weight excluding hydrogens is 202 g/mol. The highest BCUT2D eigenvalue weighted by atomic mass is 32.2. The molecule has 7 heteroatoms. The summed E-state index contributed by atoms with van der Waals surface area (Å²) in [5.74, 6) is 0. The van der Waals surface area contributed by atoms with Gasteiger partial charge in [-0.2, -0.15) is 26.3 Å². The molecule has 0 aliphatic carbocycles. The summed E-state index contributed by atoms with van der Waals surface area (Å²) in [6.07, 6.45) is 0. The predicted molar refractivity (Wildman–Crippen MR) is 42.7 cm³/mol. The minimum Gasteiger partial charge on any atom is -0.253 e. The largest absolute Gasteiger partial charge is 0.303 e. The van der Waals surface area contributed by atoms with Crippen molar-refractivity contribution in [2.75, 3.05) is 0 Å². The lowest BCUT2D eigenvalue weighted by Gasteiger charge is -2.07. The first kappa shape index (κ1) is 11.6. The zero-order valence-electron chi connectivity index (χ0n) is 6.63. The van der Waals surface area contributed by atoms with Gasteiger partial charge in [-0.25, -0.2) is 0 Å². The van der Waals surface area contributed by atoms with Crippen LogP contribution in [0.4, 0.5) is 0 Å². The molecule has 0 amide bonds. The summed E-state index contributed by atoms with van der Waals surface area (Å²) in [6, 6.07) is 6.41. The molecule has 0 heterocycles. The van der Waals surface area contributed by atoms with Crippen molar-refractivity contribution in [3.05, 3.63) is 0 Å². The van der Waals surface area contributed by atoms with Crippen molar-refractivity contribution >= 4 is 10.8 Å². The minimum atomic E-state index is -2.46. The third-order valence-corrected chi connectivity index (χ3v) is 2.74. The number of nitrogens with zero attached hydrogens (tertiary/aromatic N) is 5. The van der Waals surface area contributed by atoms with E-state index in [9.17, 15) is 4.21 Å². The van der Waals surface area contributed by atoms with E-state index in [2.05, 4.69) is 0 Å². The van der Waals surface area contributed by atoms with E-state index >= 15 is 0 Å². The molecule has 0 aliphatic heterocycles. The molecule has 0 bridgehead atoms. The number of hydrogen-bond donors (Lipinski definition) is 0. The van der Waals surface area contributed by atoms with Crippen LogP contribution in [0.5, 0.6) is 0 Å². The maximum absolute atomic E-state index is 11.3. The Morgan fingerprint density at radius 3 is 1.50 bits per heavy atom. The fraction of sp³-hybridized carbons (Fsp3) is 0.286. The van der Waals surface area contributed by atoms with E-state index in [1.807, 2.05) is 0 Å². The highest BCUT2D eigenvalue weighted by Gasteiger charge is 2.42. The van der Waals surface area contributed by atoms with Crippen LogP contribution in [-0.2, 0) is 10.8 Å². The highest BCUT2D eigenvalue weighted by molar-refractivity contribution is 7.88. The Morgan fingerprint density at radius 2 is 1.29 bits per heavy atom. The summed E-state index contributed by atoms with van der Waals surface area (Å²) in [5, 5.41) is 40.5. The van der Waals surface area contributed by atoms with Crippen molar-refractivity contribution in [3.63, 3.8) is 0 Å². The molecule has 0 spiro atoms. The molecule has 66 valence electrons. The van der Waals surface area contributed by atoms with Gasteiger partial charge in [0.25, 0.3) is 0 Å². The second kappa shape index (κ2) is 4.58. The Labute approximate surface area is 82.3 Å². The van der Waals surface area contributed by atoms with Gasteiger partial charge in [-0.3, -0.25) is 4.21 Å². The Bertz CT molecular complexity index is 413. The summed E-state index contributed by atoms with van der Waals surface area (Å²) in [5.41, 5.74) is 0. The third kappa shape index (κ3) is 1.67. The van der Waals surface area contributed by atoms with Crippen molar-refractivity contribution in [1.29, 1.82) is 26.3 Å².